The van der Waals surface area contributed by atoms with E-state index < -0.39 is 0 Å². The Labute approximate surface area is 171 Å². The first-order valence-electron chi connectivity index (χ1n) is 10.1. The zero-order chi connectivity index (χ0) is 20.1. The van der Waals surface area contributed by atoms with Crippen LogP contribution >= 0.6 is 0 Å². The number of nitrogens with one attached hydrogen (secondary N) is 2. The molecule has 0 atom stereocenters. The van der Waals surface area contributed by atoms with E-state index in [-0.39, 0.29) is 5.91 Å². The molecular formula is C24H26N4O. The Bertz CT molecular complexity index is 931. The predicted octanol–water partition coefficient (Wildman–Crippen LogP) is 5.31. The van der Waals surface area contributed by atoms with Crippen molar-refractivity contribution in [3.05, 3.63) is 78.5 Å². The van der Waals surface area contributed by atoms with E-state index in [1.54, 1.807) is 24.4 Å². The minimum absolute atomic E-state index is 0.165. The van der Waals surface area contributed by atoms with Crippen LogP contribution in [0.1, 0.15) is 30.1 Å². The molecule has 2 aromatic carbocycles. The average Bonchev–Trinajstić information content (AvgIpc) is 2.77. The van der Waals surface area contributed by atoms with E-state index in [1.165, 1.54) is 18.5 Å². The minimum Gasteiger partial charge on any atom is -0.372 e. The summed E-state index contributed by atoms with van der Waals surface area (Å²) in [6.45, 7) is 4.60. The van der Waals surface area contributed by atoms with Gasteiger partial charge in [0, 0.05) is 30.0 Å². The molecule has 3 aromatic rings. The molecule has 1 amide bonds. The number of pyridine rings is 1. The summed E-state index contributed by atoms with van der Waals surface area (Å²) in [5, 5.41) is 6.17. The largest absolute Gasteiger partial charge is 0.372 e. The Balaban J connectivity index is 1.34. The van der Waals surface area contributed by atoms with E-state index in [9.17, 15) is 4.79 Å². The number of rotatable bonds is 5. The van der Waals surface area contributed by atoms with Crippen molar-refractivity contribution in [2.45, 2.75) is 19.8 Å². The van der Waals surface area contributed by atoms with Crippen LogP contribution in [0.5, 0.6) is 0 Å². The molecule has 29 heavy (non-hydrogen) atoms. The van der Waals surface area contributed by atoms with E-state index in [2.05, 4.69) is 51.7 Å². The number of carbonyl (C=O) groups excluding carboxylic acids is 1. The molecule has 0 radical (unpaired) electrons. The zero-order valence-electron chi connectivity index (χ0n) is 16.6. The number of piperidine rings is 1. The van der Waals surface area contributed by atoms with Gasteiger partial charge < -0.3 is 15.5 Å². The molecule has 1 aliphatic rings. The fraction of sp³-hybridized carbons (Fsp3) is 0.250. The molecule has 1 aromatic heterocycles. The summed E-state index contributed by atoms with van der Waals surface area (Å²) < 4.78 is 0. The molecule has 0 bridgehead atoms. The van der Waals surface area contributed by atoms with Crippen molar-refractivity contribution in [1.82, 2.24) is 4.98 Å². The smallest absolute Gasteiger partial charge is 0.256 e. The molecule has 0 saturated carbocycles. The number of hydrogen-bond donors (Lipinski definition) is 2. The summed E-state index contributed by atoms with van der Waals surface area (Å²) in [5.74, 6) is 1.20. The van der Waals surface area contributed by atoms with Crippen molar-refractivity contribution in [1.29, 1.82) is 0 Å². The Hall–Kier alpha value is -3.34. The van der Waals surface area contributed by atoms with Crippen LogP contribution in [-0.4, -0.2) is 24.0 Å². The van der Waals surface area contributed by atoms with Gasteiger partial charge in [0.1, 0.15) is 5.82 Å². The van der Waals surface area contributed by atoms with Crippen LogP contribution in [0.25, 0.3) is 0 Å². The monoisotopic (exact) mass is 386 g/mol. The molecular weight excluding hydrogens is 360 g/mol. The van der Waals surface area contributed by atoms with Crippen LogP contribution in [0.2, 0.25) is 0 Å². The van der Waals surface area contributed by atoms with Crippen LogP contribution < -0.4 is 15.5 Å². The van der Waals surface area contributed by atoms with Gasteiger partial charge in [0.25, 0.3) is 5.91 Å². The van der Waals surface area contributed by atoms with Crippen molar-refractivity contribution in [3.8, 4) is 0 Å². The van der Waals surface area contributed by atoms with E-state index in [0.29, 0.717) is 11.4 Å². The maximum absolute atomic E-state index is 12.2. The van der Waals surface area contributed by atoms with Gasteiger partial charge in [0.05, 0.1) is 11.9 Å². The van der Waals surface area contributed by atoms with Crippen molar-refractivity contribution in [3.63, 3.8) is 0 Å². The molecule has 1 fully saturated rings. The third-order valence-electron chi connectivity index (χ3n) is 5.35. The Kier molecular flexibility index (Phi) is 5.75. The molecule has 1 aliphatic heterocycles. The number of carbonyl (C=O) groups is 1. The quantitative estimate of drug-likeness (QED) is 0.624. The number of anilines is 4. The van der Waals surface area contributed by atoms with Gasteiger partial charge in [0.15, 0.2) is 0 Å². The molecule has 4 rings (SSSR count). The molecule has 0 spiro atoms. The summed E-state index contributed by atoms with van der Waals surface area (Å²) in [7, 11) is 0. The van der Waals surface area contributed by atoms with Crippen molar-refractivity contribution >= 4 is 28.8 Å². The highest BCUT2D eigenvalue weighted by Gasteiger charge is 2.15. The van der Waals surface area contributed by atoms with Gasteiger partial charge in [-0.3, -0.25) is 4.79 Å². The van der Waals surface area contributed by atoms with Crippen LogP contribution in [-0.2, 0) is 0 Å². The second-order valence-electron chi connectivity index (χ2n) is 7.59. The Morgan fingerprint density at radius 1 is 0.931 bits per heavy atom. The number of amides is 1. The summed E-state index contributed by atoms with van der Waals surface area (Å²) >= 11 is 0. The third-order valence-corrected chi connectivity index (χ3v) is 5.35. The van der Waals surface area contributed by atoms with Gasteiger partial charge in [-0.05, 0) is 67.3 Å². The van der Waals surface area contributed by atoms with Crippen molar-refractivity contribution in [2.75, 3.05) is 28.6 Å². The second kappa shape index (κ2) is 8.78. The Morgan fingerprint density at radius 2 is 1.62 bits per heavy atom. The van der Waals surface area contributed by atoms with E-state index in [1.807, 2.05) is 24.3 Å². The molecule has 2 heterocycles. The van der Waals surface area contributed by atoms with Crippen LogP contribution in [0.4, 0.5) is 22.9 Å². The number of nitrogens with zero attached hydrogens (tertiary/aromatic N) is 2. The summed E-state index contributed by atoms with van der Waals surface area (Å²) in [6.07, 6.45) is 4.25. The van der Waals surface area contributed by atoms with Gasteiger partial charge in [0.2, 0.25) is 0 Å². The first-order chi connectivity index (χ1) is 14.2. The molecule has 148 valence electrons. The molecule has 1 saturated heterocycles. The lowest BCUT2D eigenvalue weighted by Gasteiger charge is -2.32. The third kappa shape index (κ3) is 4.93. The maximum atomic E-state index is 12.2. The first-order valence-corrected chi connectivity index (χ1v) is 10.1. The Morgan fingerprint density at radius 3 is 2.28 bits per heavy atom. The van der Waals surface area contributed by atoms with E-state index in [4.69, 9.17) is 0 Å². The molecule has 2 N–H and O–H groups in total. The lowest BCUT2D eigenvalue weighted by atomic mass is 9.99. The maximum Gasteiger partial charge on any atom is 0.256 e. The van der Waals surface area contributed by atoms with Crippen LogP contribution in [0.15, 0.2) is 72.9 Å². The summed E-state index contributed by atoms with van der Waals surface area (Å²) in [5.41, 5.74) is 3.78. The first kappa shape index (κ1) is 19.0. The number of hydrogen-bond acceptors (Lipinski definition) is 4. The van der Waals surface area contributed by atoms with E-state index >= 15 is 0 Å². The highest BCUT2D eigenvalue weighted by Crippen LogP contribution is 2.25. The predicted molar refractivity (Wildman–Crippen MR) is 119 cm³/mol. The SMILES string of the molecule is CC1CCN(c2ccc(Nc3ccc(NC(=O)c4ccccc4)nc3)cc2)CC1. The lowest BCUT2D eigenvalue weighted by Crippen LogP contribution is -2.32. The lowest BCUT2D eigenvalue weighted by molar-refractivity contribution is 0.102. The van der Waals surface area contributed by atoms with Gasteiger partial charge in [-0.25, -0.2) is 4.98 Å². The van der Waals surface area contributed by atoms with Crippen molar-refractivity contribution in [2.24, 2.45) is 5.92 Å². The zero-order valence-corrected chi connectivity index (χ0v) is 16.6. The summed E-state index contributed by atoms with van der Waals surface area (Å²) in [4.78, 5) is 19.0. The normalized spacial score (nSPS) is 14.4. The summed E-state index contributed by atoms with van der Waals surface area (Å²) in [6, 6.07) is 21.4. The number of benzene rings is 2. The minimum atomic E-state index is -0.165. The highest BCUT2D eigenvalue weighted by atomic mass is 16.1. The van der Waals surface area contributed by atoms with Crippen molar-refractivity contribution < 1.29 is 4.79 Å². The number of aromatic nitrogens is 1. The molecule has 0 aliphatic carbocycles. The molecule has 5 heteroatoms. The van der Waals surface area contributed by atoms with Gasteiger partial charge in [-0.15, -0.1) is 0 Å². The van der Waals surface area contributed by atoms with Gasteiger partial charge in [-0.1, -0.05) is 25.1 Å². The molecule has 5 nitrogen and oxygen atoms in total. The average molecular weight is 386 g/mol. The van der Waals surface area contributed by atoms with Crippen LogP contribution in [0.3, 0.4) is 0 Å². The second-order valence-corrected chi connectivity index (χ2v) is 7.59. The van der Waals surface area contributed by atoms with E-state index in [0.717, 1.165) is 30.4 Å². The van der Waals surface area contributed by atoms with Crippen LogP contribution in [0, 0.1) is 5.92 Å². The fourth-order valence-corrected chi connectivity index (χ4v) is 3.51. The highest BCUT2D eigenvalue weighted by molar-refractivity contribution is 6.03. The standard InChI is InChI=1S/C24H26N4O/c1-18-13-15-28(16-14-18)22-10-7-20(8-11-22)26-21-9-12-23(25-17-21)27-24(29)19-5-3-2-4-6-19/h2-12,17-18,26H,13-16H2,1H3,(H,25,27,29). The topological polar surface area (TPSA) is 57.3 Å². The van der Waals surface area contributed by atoms with Gasteiger partial charge >= 0.3 is 0 Å². The molecule has 0 unspecified atom stereocenters. The fourth-order valence-electron chi connectivity index (χ4n) is 3.51. The van der Waals surface area contributed by atoms with Gasteiger partial charge in [-0.2, -0.15) is 0 Å².